The SMILES string of the molecule is Cc1csc(C(C)n2c(=S)[nH]c3ccc(C#N)cc32)n1. The number of aromatic nitrogens is 3. The van der Waals surface area contributed by atoms with Crippen LogP contribution in [0.25, 0.3) is 11.0 Å². The minimum absolute atomic E-state index is 0.0453. The lowest BCUT2D eigenvalue weighted by atomic mass is 10.2. The van der Waals surface area contributed by atoms with Crippen molar-refractivity contribution < 1.29 is 0 Å². The summed E-state index contributed by atoms with van der Waals surface area (Å²) in [6, 6.07) is 7.75. The van der Waals surface area contributed by atoms with Gasteiger partial charge in [0, 0.05) is 11.1 Å². The minimum Gasteiger partial charge on any atom is -0.331 e. The summed E-state index contributed by atoms with van der Waals surface area (Å²) in [6.45, 7) is 4.05. The molecular formula is C14H12N4S2. The van der Waals surface area contributed by atoms with E-state index in [0.29, 0.717) is 10.3 Å². The van der Waals surface area contributed by atoms with Crippen LogP contribution in [0.4, 0.5) is 0 Å². The van der Waals surface area contributed by atoms with Crippen molar-refractivity contribution >= 4 is 34.6 Å². The average molecular weight is 300 g/mol. The molecule has 0 spiro atoms. The van der Waals surface area contributed by atoms with Gasteiger partial charge in [0.25, 0.3) is 0 Å². The third-order valence-corrected chi connectivity index (χ3v) is 4.66. The number of H-pyrrole nitrogens is 1. The first-order valence-corrected chi connectivity index (χ1v) is 7.45. The molecular weight excluding hydrogens is 288 g/mol. The molecule has 0 saturated heterocycles. The van der Waals surface area contributed by atoms with Gasteiger partial charge >= 0.3 is 0 Å². The molecule has 6 heteroatoms. The fourth-order valence-corrected chi connectivity index (χ4v) is 3.46. The number of nitrogens with zero attached hydrogens (tertiary/aromatic N) is 3. The lowest BCUT2D eigenvalue weighted by Crippen LogP contribution is -2.06. The van der Waals surface area contributed by atoms with Crippen LogP contribution >= 0.6 is 23.6 Å². The molecule has 3 rings (SSSR count). The molecule has 1 N–H and O–H groups in total. The number of aromatic amines is 1. The summed E-state index contributed by atoms with van der Waals surface area (Å²) in [5.74, 6) is 0. The minimum atomic E-state index is 0.0453. The van der Waals surface area contributed by atoms with E-state index in [9.17, 15) is 0 Å². The third-order valence-electron chi connectivity index (χ3n) is 3.23. The Hall–Kier alpha value is -1.97. The normalized spacial score (nSPS) is 12.4. The van der Waals surface area contributed by atoms with Gasteiger partial charge in [-0.25, -0.2) is 4.98 Å². The Morgan fingerprint density at radius 3 is 2.95 bits per heavy atom. The lowest BCUT2D eigenvalue weighted by molar-refractivity contribution is 0.643. The highest BCUT2D eigenvalue weighted by Gasteiger charge is 2.16. The van der Waals surface area contributed by atoms with Crippen molar-refractivity contribution in [3.63, 3.8) is 0 Å². The first-order chi connectivity index (χ1) is 9.60. The zero-order valence-corrected chi connectivity index (χ0v) is 12.7. The van der Waals surface area contributed by atoms with Crippen LogP contribution < -0.4 is 0 Å². The Balaban J connectivity index is 2.22. The van der Waals surface area contributed by atoms with Crippen LogP contribution in [0.1, 0.15) is 29.2 Å². The van der Waals surface area contributed by atoms with E-state index >= 15 is 0 Å². The van der Waals surface area contributed by atoms with Gasteiger partial charge in [-0.15, -0.1) is 11.3 Å². The van der Waals surface area contributed by atoms with Gasteiger partial charge in [-0.1, -0.05) is 0 Å². The molecule has 3 aromatic rings. The molecule has 1 unspecified atom stereocenters. The molecule has 0 bridgehead atoms. The van der Waals surface area contributed by atoms with Gasteiger partial charge in [-0.2, -0.15) is 5.26 Å². The molecule has 0 aliphatic carbocycles. The van der Waals surface area contributed by atoms with E-state index in [2.05, 4.69) is 23.0 Å². The van der Waals surface area contributed by atoms with E-state index in [1.807, 2.05) is 29.0 Å². The van der Waals surface area contributed by atoms with Crippen LogP contribution in [-0.4, -0.2) is 14.5 Å². The molecule has 0 aliphatic rings. The predicted molar refractivity (Wildman–Crippen MR) is 82.5 cm³/mol. The number of hydrogen-bond acceptors (Lipinski definition) is 4. The fraction of sp³-hybridized carbons (Fsp3) is 0.214. The summed E-state index contributed by atoms with van der Waals surface area (Å²) in [5.41, 5.74) is 3.52. The number of benzene rings is 1. The van der Waals surface area contributed by atoms with E-state index in [0.717, 1.165) is 21.7 Å². The highest BCUT2D eigenvalue weighted by Crippen LogP contribution is 2.27. The smallest absolute Gasteiger partial charge is 0.178 e. The fourth-order valence-electron chi connectivity index (χ4n) is 2.25. The lowest BCUT2D eigenvalue weighted by Gasteiger charge is -2.11. The molecule has 0 aliphatic heterocycles. The van der Waals surface area contributed by atoms with E-state index in [1.54, 1.807) is 17.4 Å². The van der Waals surface area contributed by atoms with Crippen LogP contribution in [0, 0.1) is 23.0 Å². The number of rotatable bonds is 2. The van der Waals surface area contributed by atoms with Crippen LogP contribution in [-0.2, 0) is 0 Å². The molecule has 100 valence electrons. The molecule has 20 heavy (non-hydrogen) atoms. The second kappa shape index (κ2) is 4.85. The third kappa shape index (κ3) is 2.05. The number of aryl methyl sites for hydroxylation is 1. The summed E-state index contributed by atoms with van der Waals surface area (Å²) >= 11 is 7.04. The maximum absolute atomic E-state index is 9.05. The molecule has 4 nitrogen and oxygen atoms in total. The van der Waals surface area contributed by atoms with Gasteiger partial charge in [0.05, 0.1) is 28.7 Å². The molecule has 2 heterocycles. The maximum Gasteiger partial charge on any atom is 0.178 e. The molecule has 1 atom stereocenters. The molecule has 1 aromatic carbocycles. The van der Waals surface area contributed by atoms with Crippen LogP contribution in [0.15, 0.2) is 23.6 Å². The van der Waals surface area contributed by atoms with Gasteiger partial charge in [-0.05, 0) is 44.3 Å². The Labute approximate surface area is 125 Å². The van der Waals surface area contributed by atoms with Crippen molar-refractivity contribution in [2.45, 2.75) is 19.9 Å². The van der Waals surface area contributed by atoms with Crippen LogP contribution in [0.3, 0.4) is 0 Å². The van der Waals surface area contributed by atoms with Crippen molar-refractivity contribution in [2.24, 2.45) is 0 Å². The molecule has 0 amide bonds. The van der Waals surface area contributed by atoms with Gasteiger partial charge in [0.1, 0.15) is 5.01 Å². The number of nitriles is 1. The zero-order valence-electron chi connectivity index (χ0n) is 11.0. The Morgan fingerprint density at radius 2 is 2.30 bits per heavy atom. The highest BCUT2D eigenvalue weighted by atomic mass is 32.1. The number of hydrogen-bond donors (Lipinski definition) is 1. The van der Waals surface area contributed by atoms with Gasteiger partial charge < -0.3 is 9.55 Å². The van der Waals surface area contributed by atoms with E-state index in [-0.39, 0.29) is 6.04 Å². The van der Waals surface area contributed by atoms with Gasteiger partial charge in [-0.3, -0.25) is 0 Å². The predicted octanol–water partition coefficient (Wildman–Crippen LogP) is 3.94. The highest BCUT2D eigenvalue weighted by molar-refractivity contribution is 7.71. The van der Waals surface area contributed by atoms with E-state index in [4.69, 9.17) is 17.5 Å². The number of thiazole rings is 1. The van der Waals surface area contributed by atoms with Crippen molar-refractivity contribution in [3.8, 4) is 6.07 Å². The summed E-state index contributed by atoms with van der Waals surface area (Å²) in [4.78, 5) is 7.71. The monoisotopic (exact) mass is 300 g/mol. The average Bonchev–Trinajstić information content (AvgIpc) is 3.00. The second-order valence-electron chi connectivity index (χ2n) is 4.65. The number of fused-ring (bicyclic) bond motifs is 1. The van der Waals surface area contributed by atoms with Crippen LogP contribution in [0.5, 0.6) is 0 Å². The van der Waals surface area contributed by atoms with Gasteiger partial charge in [0.15, 0.2) is 4.77 Å². The van der Waals surface area contributed by atoms with Crippen molar-refractivity contribution in [1.29, 1.82) is 5.26 Å². The number of imidazole rings is 1. The standard InChI is InChI=1S/C14H12N4S2/c1-8-7-20-13(16-8)9(2)18-12-5-10(6-15)3-4-11(12)17-14(18)19/h3-5,7,9H,1-2H3,(H,17,19). The molecule has 0 saturated carbocycles. The summed E-state index contributed by atoms with van der Waals surface area (Å²) in [7, 11) is 0. The van der Waals surface area contributed by atoms with Gasteiger partial charge in [0.2, 0.25) is 0 Å². The quantitative estimate of drug-likeness (QED) is 0.729. The first kappa shape index (κ1) is 13.0. The van der Waals surface area contributed by atoms with Crippen molar-refractivity contribution in [3.05, 3.63) is 44.6 Å². The molecule has 0 fully saturated rings. The summed E-state index contributed by atoms with van der Waals surface area (Å²) < 4.78 is 2.67. The van der Waals surface area contributed by atoms with Crippen molar-refractivity contribution in [2.75, 3.05) is 0 Å². The summed E-state index contributed by atoms with van der Waals surface area (Å²) in [6.07, 6.45) is 0. The largest absolute Gasteiger partial charge is 0.331 e. The zero-order chi connectivity index (χ0) is 14.3. The topological polar surface area (TPSA) is 57.4 Å². The summed E-state index contributed by atoms with van der Waals surface area (Å²) in [5, 5.41) is 12.1. The van der Waals surface area contributed by atoms with Crippen LogP contribution in [0.2, 0.25) is 0 Å². The Morgan fingerprint density at radius 1 is 1.50 bits per heavy atom. The second-order valence-corrected chi connectivity index (χ2v) is 5.92. The van der Waals surface area contributed by atoms with E-state index < -0.39 is 0 Å². The molecule has 2 aromatic heterocycles. The molecule has 0 radical (unpaired) electrons. The first-order valence-electron chi connectivity index (χ1n) is 6.16. The van der Waals surface area contributed by atoms with Crippen molar-refractivity contribution in [1.82, 2.24) is 14.5 Å². The van der Waals surface area contributed by atoms with E-state index in [1.165, 1.54) is 0 Å². The maximum atomic E-state index is 9.05. The Kier molecular flexibility index (Phi) is 3.16. The Bertz CT molecular complexity index is 879. The number of nitrogens with one attached hydrogen (secondary N) is 1.